The number of carbonyl (C=O) groups excluding carboxylic acids is 2. The van der Waals surface area contributed by atoms with E-state index in [1.165, 1.54) is 10.7 Å². The summed E-state index contributed by atoms with van der Waals surface area (Å²) in [7, 11) is 0. The summed E-state index contributed by atoms with van der Waals surface area (Å²) in [6, 6.07) is 4.73. The average Bonchev–Trinajstić information content (AvgIpc) is 3.39. The predicted octanol–water partition coefficient (Wildman–Crippen LogP) is 4.41. The number of aromatic nitrogens is 4. The van der Waals surface area contributed by atoms with E-state index in [0.717, 1.165) is 37.8 Å². The Morgan fingerprint density at radius 2 is 1.88 bits per heavy atom. The predicted molar refractivity (Wildman–Crippen MR) is 153 cm³/mol. The number of amides is 2. The van der Waals surface area contributed by atoms with Gasteiger partial charge in [0.2, 0.25) is 11.9 Å². The standard InChI is InChI=1S/C29H35F3N8O3/c1-27(2,3)43-26(42)38-28(9-10-28)17-7-11-39(12-8-17)23-21-16-34-40(20-6-4-5-18(13-20)29(30,31)32)24(21)37-25(36-23)35-19-14-22(41)33-15-19/h4-6,13,16-17,19H,7-12,14-15H2,1-3H3,(H,33,41)(H,38,42)(H,35,36,37)/t19-/m0/s1. The lowest BCUT2D eigenvalue weighted by molar-refractivity contribution is -0.137. The van der Waals surface area contributed by atoms with E-state index in [2.05, 4.69) is 30.9 Å². The van der Waals surface area contributed by atoms with E-state index >= 15 is 0 Å². The number of halogens is 3. The zero-order valence-corrected chi connectivity index (χ0v) is 24.3. The molecule has 3 N–H and O–H groups in total. The van der Waals surface area contributed by atoms with Crippen LogP contribution in [0.2, 0.25) is 0 Å². The molecule has 14 heteroatoms. The first-order valence-corrected chi connectivity index (χ1v) is 14.5. The van der Waals surface area contributed by atoms with Gasteiger partial charge in [0.15, 0.2) is 5.65 Å². The SMILES string of the molecule is CC(C)(C)OC(=O)NC1(C2CCN(c3nc(N[C@@H]4CNC(=O)C4)nc4c3cnn4-c3cccc(C(F)(F)F)c3)CC2)CC1. The van der Waals surface area contributed by atoms with Gasteiger partial charge in [-0.2, -0.15) is 28.2 Å². The Labute approximate surface area is 246 Å². The van der Waals surface area contributed by atoms with Crippen molar-refractivity contribution in [3.05, 3.63) is 36.0 Å². The maximum atomic E-state index is 13.5. The van der Waals surface area contributed by atoms with Gasteiger partial charge in [-0.05, 0) is 70.6 Å². The number of ether oxygens (including phenoxy) is 1. The van der Waals surface area contributed by atoms with Crippen LogP contribution in [-0.2, 0) is 15.7 Å². The van der Waals surface area contributed by atoms with Crippen molar-refractivity contribution in [3.63, 3.8) is 0 Å². The van der Waals surface area contributed by atoms with E-state index < -0.39 is 23.4 Å². The number of hydrogen-bond donors (Lipinski definition) is 3. The molecular formula is C29H35F3N8O3. The number of piperidine rings is 1. The molecule has 0 bridgehead atoms. The molecule has 2 saturated heterocycles. The molecule has 11 nitrogen and oxygen atoms in total. The highest BCUT2D eigenvalue weighted by Crippen LogP contribution is 2.47. The van der Waals surface area contributed by atoms with Gasteiger partial charge < -0.3 is 25.6 Å². The van der Waals surface area contributed by atoms with E-state index in [1.54, 1.807) is 12.3 Å². The largest absolute Gasteiger partial charge is 0.444 e. The molecule has 43 heavy (non-hydrogen) atoms. The molecule has 1 aliphatic carbocycles. The van der Waals surface area contributed by atoms with Gasteiger partial charge >= 0.3 is 12.3 Å². The first kappa shape index (κ1) is 29.0. The summed E-state index contributed by atoms with van der Waals surface area (Å²) >= 11 is 0. The van der Waals surface area contributed by atoms with Crippen LogP contribution >= 0.6 is 0 Å². The van der Waals surface area contributed by atoms with Crippen LogP contribution in [0.1, 0.15) is 58.4 Å². The lowest BCUT2D eigenvalue weighted by Gasteiger charge is -2.37. The molecule has 2 aliphatic heterocycles. The Balaban J connectivity index is 1.28. The molecule has 3 aromatic rings. The first-order valence-electron chi connectivity index (χ1n) is 14.5. The highest BCUT2D eigenvalue weighted by atomic mass is 19.4. The Hall–Kier alpha value is -4.10. The minimum atomic E-state index is -4.50. The molecule has 0 spiro atoms. The molecule has 1 saturated carbocycles. The number of nitrogens with zero attached hydrogens (tertiary/aromatic N) is 5. The molecule has 230 valence electrons. The van der Waals surface area contributed by atoms with Crippen molar-refractivity contribution in [1.29, 1.82) is 0 Å². The molecule has 2 amide bonds. The van der Waals surface area contributed by atoms with E-state index in [9.17, 15) is 22.8 Å². The molecule has 4 heterocycles. The highest BCUT2D eigenvalue weighted by molar-refractivity contribution is 5.89. The van der Waals surface area contributed by atoms with Gasteiger partial charge in [-0.1, -0.05) is 6.07 Å². The Morgan fingerprint density at radius 3 is 2.51 bits per heavy atom. The van der Waals surface area contributed by atoms with Crippen LogP contribution in [0.5, 0.6) is 0 Å². The fourth-order valence-corrected chi connectivity index (χ4v) is 6.01. The second kappa shape index (κ2) is 10.6. The van der Waals surface area contributed by atoms with Gasteiger partial charge in [0.1, 0.15) is 11.4 Å². The number of alkyl carbamates (subject to hydrolysis) is 1. The van der Waals surface area contributed by atoms with Crippen LogP contribution in [0, 0.1) is 5.92 Å². The molecule has 1 atom stereocenters. The Bertz CT molecular complexity index is 1540. The normalized spacial score (nSPS) is 20.7. The maximum absolute atomic E-state index is 13.5. The van der Waals surface area contributed by atoms with E-state index in [1.807, 2.05) is 20.8 Å². The molecular weight excluding hydrogens is 565 g/mol. The third-order valence-corrected chi connectivity index (χ3v) is 8.25. The van der Waals surface area contributed by atoms with Crippen LogP contribution in [0.15, 0.2) is 30.5 Å². The van der Waals surface area contributed by atoms with Crippen LogP contribution in [0.25, 0.3) is 16.7 Å². The molecule has 6 rings (SSSR count). The lowest BCUT2D eigenvalue weighted by Crippen LogP contribution is -2.48. The Kier molecular flexibility index (Phi) is 7.12. The van der Waals surface area contributed by atoms with Crippen molar-refractivity contribution >= 4 is 34.8 Å². The topological polar surface area (TPSA) is 126 Å². The number of fused-ring (bicyclic) bond motifs is 1. The summed E-state index contributed by atoms with van der Waals surface area (Å²) in [5.74, 6) is 1.08. The van der Waals surface area contributed by atoms with Gasteiger partial charge in [-0.15, -0.1) is 0 Å². The van der Waals surface area contributed by atoms with Crippen molar-refractivity contribution in [2.75, 3.05) is 29.9 Å². The second-order valence-corrected chi connectivity index (χ2v) is 12.6. The number of carbonyl (C=O) groups is 2. The van der Waals surface area contributed by atoms with Crippen LogP contribution in [-0.4, -0.2) is 68.6 Å². The number of hydrogen-bond acceptors (Lipinski definition) is 8. The minimum absolute atomic E-state index is 0.0797. The zero-order chi connectivity index (χ0) is 30.6. The number of benzene rings is 1. The smallest absolute Gasteiger partial charge is 0.416 e. The van der Waals surface area contributed by atoms with Crippen molar-refractivity contribution in [2.45, 2.75) is 76.2 Å². The highest BCUT2D eigenvalue weighted by Gasteiger charge is 2.51. The summed E-state index contributed by atoms with van der Waals surface area (Å²) < 4.78 is 47.3. The van der Waals surface area contributed by atoms with Crippen molar-refractivity contribution in [3.8, 4) is 5.69 Å². The van der Waals surface area contributed by atoms with Gasteiger partial charge in [0.25, 0.3) is 0 Å². The number of rotatable bonds is 6. The lowest BCUT2D eigenvalue weighted by atomic mass is 9.87. The van der Waals surface area contributed by atoms with Crippen LogP contribution < -0.4 is 20.9 Å². The number of nitrogens with one attached hydrogen (secondary N) is 3. The minimum Gasteiger partial charge on any atom is -0.444 e. The number of alkyl halides is 3. The third-order valence-electron chi connectivity index (χ3n) is 8.25. The molecule has 0 unspecified atom stereocenters. The summed E-state index contributed by atoms with van der Waals surface area (Å²) in [5.41, 5.74) is -1.04. The maximum Gasteiger partial charge on any atom is 0.416 e. The summed E-state index contributed by atoms with van der Waals surface area (Å²) in [4.78, 5) is 35.9. The van der Waals surface area contributed by atoms with Crippen molar-refractivity contribution in [2.24, 2.45) is 5.92 Å². The molecule has 3 aliphatic rings. The monoisotopic (exact) mass is 600 g/mol. The van der Waals surface area contributed by atoms with E-state index in [-0.39, 0.29) is 41.5 Å². The van der Waals surface area contributed by atoms with Gasteiger partial charge in [0, 0.05) is 31.6 Å². The van der Waals surface area contributed by atoms with Crippen molar-refractivity contribution in [1.82, 2.24) is 30.4 Å². The second-order valence-electron chi connectivity index (χ2n) is 12.6. The fourth-order valence-electron chi connectivity index (χ4n) is 6.01. The van der Waals surface area contributed by atoms with E-state index in [0.29, 0.717) is 36.5 Å². The molecule has 3 fully saturated rings. The molecule has 1 aromatic carbocycles. The van der Waals surface area contributed by atoms with Gasteiger partial charge in [-0.3, -0.25) is 4.79 Å². The van der Waals surface area contributed by atoms with E-state index in [4.69, 9.17) is 9.72 Å². The third kappa shape index (κ3) is 6.18. The zero-order valence-electron chi connectivity index (χ0n) is 24.3. The fraction of sp³-hybridized carbons (Fsp3) is 0.552. The molecule has 0 radical (unpaired) electrons. The first-order chi connectivity index (χ1) is 20.3. The summed E-state index contributed by atoms with van der Waals surface area (Å²) in [6.07, 6.45) is 0.369. The van der Waals surface area contributed by atoms with Crippen LogP contribution in [0.3, 0.4) is 0 Å². The Morgan fingerprint density at radius 1 is 1.14 bits per heavy atom. The summed E-state index contributed by atoms with van der Waals surface area (Å²) in [5, 5.41) is 14.1. The van der Waals surface area contributed by atoms with Gasteiger partial charge in [0.05, 0.1) is 28.9 Å². The molecule has 2 aromatic heterocycles. The van der Waals surface area contributed by atoms with Gasteiger partial charge in [-0.25, -0.2) is 9.48 Å². The van der Waals surface area contributed by atoms with Crippen LogP contribution in [0.4, 0.5) is 29.7 Å². The average molecular weight is 601 g/mol. The summed E-state index contributed by atoms with van der Waals surface area (Å²) in [6.45, 7) is 7.25. The van der Waals surface area contributed by atoms with Crippen molar-refractivity contribution < 1.29 is 27.5 Å². The quantitative estimate of drug-likeness (QED) is 0.380. The number of anilines is 2.